The van der Waals surface area contributed by atoms with Crippen LogP contribution in [0.2, 0.25) is 0 Å². The second kappa shape index (κ2) is 5.61. The van der Waals surface area contributed by atoms with E-state index in [1.165, 1.54) is 0 Å². The van der Waals surface area contributed by atoms with Crippen LogP contribution in [0.1, 0.15) is 42.6 Å². The van der Waals surface area contributed by atoms with Crippen molar-refractivity contribution in [3.63, 3.8) is 0 Å². The van der Waals surface area contributed by atoms with Crippen molar-refractivity contribution in [1.82, 2.24) is 20.5 Å². The second-order valence-electron chi connectivity index (χ2n) is 4.32. The molecule has 0 aliphatic heterocycles. The Hall–Kier alpha value is -1.65. The van der Waals surface area contributed by atoms with Crippen LogP contribution in [-0.4, -0.2) is 27.6 Å². The zero-order chi connectivity index (χ0) is 12.1. The van der Waals surface area contributed by atoms with Crippen molar-refractivity contribution in [2.45, 2.75) is 32.6 Å². The summed E-state index contributed by atoms with van der Waals surface area (Å²) in [6.45, 7) is 2.68. The Morgan fingerprint density at radius 2 is 2.47 bits per heavy atom. The lowest BCUT2D eigenvalue weighted by atomic mass is 9.94. The summed E-state index contributed by atoms with van der Waals surface area (Å²) in [5.41, 5.74) is 0. The minimum Gasteiger partial charge on any atom is -0.349 e. The van der Waals surface area contributed by atoms with Crippen molar-refractivity contribution >= 4 is 5.91 Å². The van der Waals surface area contributed by atoms with Crippen molar-refractivity contribution in [3.05, 3.63) is 23.8 Å². The number of rotatable bonds is 4. The van der Waals surface area contributed by atoms with E-state index < -0.39 is 0 Å². The van der Waals surface area contributed by atoms with E-state index in [4.69, 9.17) is 0 Å². The van der Waals surface area contributed by atoms with Gasteiger partial charge in [-0.1, -0.05) is 19.1 Å². The molecule has 5 nitrogen and oxygen atoms in total. The van der Waals surface area contributed by atoms with Gasteiger partial charge in [0.2, 0.25) is 5.82 Å². The lowest BCUT2D eigenvalue weighted by Gasteiger charge is -2.17. The summed E-state index contributed by atoms with van der Waals surface area (Å²) in [7, 11) is 0. The first-order valence-electron chi connectivity index (χ1n) is 6.14. The van der Waals surface area contributed by atoms with Gasteiger partial charge in [-0.15, -0.1) is 5.10 Å². The summed E-state index contributed by atoms with van der Waals surface area (Å²) < 4.78 is 0. The third-order valence-corrected chi connectivity index (χ3v) is 3.00. The summed E-state index contributed by atoms with van der Waals surface area (Å²) in [5.74, 6) is 1.35. The van der Waals surface area contributed by atoms with Gasteiger partial charge in [-0.3, -0.25) is 9.89 Å². The van der Waals surface area contributed by atoms with Gasteiger partial charge < -0.3 is 5.32 Å². The zero-order valence-electron chi connectivity index (χ0n) is 10.1. The number of aromatic amines is 1. The second-order valence-corrected chi connectivity index (χ2v) is 4.32. The van der Waals surface area contributed by atoms with E-state index in [1.807, 2.05) is 6.92 Å². The first-order chi connectivity index (χ1) is 8.29. The quantitative estimate of drug-likeness (QED) is 0.775. The van der Waals surface area contributed by atoms with Crippen LogP contribution >= 0.6 is 0 Å². The van der Waals surface area contributed by atoms with Crippen LogP contribution in [0, 0.1) is 5.92 Å². The number of amides is 1. The molecular weight excluding hydrogens is 216 g/mol. The molecule has 5 heteroatoms. The minimum atomic E-state index is -0.185. The maximum Gasteiger partial charge on any atom is 0.290 e. The minimum absolute atomic E-state index is 0.185. The molecule has 1 heterocycles. The fourth-order valence-electron chi connectivity index (χ4n) is 1.91. The normalized spacial score (nSPS) is 19.2. The number of carbonyl (C=O) groups excluding carboxylic acids is 1. The predicted octanol–water partition coefficient (Wildman–Crippen LogP) is 1.45. The molecule has 1 aromatic heterocycles. The van der Waals surface area contributed by atoms with E-state index in [2.05, 4.69) is 32.7 Å². The van der Waals surface area contributed by atoms with Gasteiger partial charge >= 0.3 is 0 Å². The van der Waals surface area contributed by atoms with E-state index in [1.54, 1.807) is 0 Å². The molecule has 0 fully saturated rings. The van der Waals surface area contributed by atoms with E-state index in [-0.39, 0.29) is 11.7 Å². The number of aromatic nitrogens is 3. The lowest BCUT2D eigenvalue weighted by molar-refractivity contribution is 0.0936. The van der Waals surface area contributed by atoms with Crippen molar-refractivity contribution in [2.24, 2.45) is 5.92 Å². The van der Waals surface area contributed by atoms with Crippen LogP contribution in [0.25, 0.3) is 0 Å². The van der Waals surface area contributed by atoms with Gasteiger partial charge in [0, 0.05) is 13.0 Å². The molecule has 0 aromatic carbocycles. The number of nitrogens with zero attached hydrogens (tertiary/aromatic N) is 2. The largest absolute Gasteiger partial charge is 0.349 e. The summed E-state index contributed by atoms with van der Waals surface area (Å²) in [4.78, 5) is 15.8. The molecule has 2 N–H and O–H groups in total. The summed E-state index contributed by atoms with van der Waals surface area (Å²) in [6.07, 6.45) is 8.44. The van der Waals surface area contributed by atoms with E-state index in [0.29, 0.717) is 12.5 Å². The fourth-order valence-corrected chi connectivity index (χ4v) is 1.91. The Balaban J connectivity index is 1.82. The SMILES string of the molecule is CCc1nc(C(=O)NCC2CC=CCC2)n[nH]1. The first-order valence-corrected chi connectivity index (χ1v) is 6.14. The molecule has 1 atom stereocenters. The highest BCUT2D eigenvalue weighted by Crippen LogP contribution is 2.16. The Morgan fingerprint density at radius 1 is 1.59 bits per heavy atom. The number of hydrogen-bond donors (Lipinski definition) is 2. The first kappa shape index (κ1) is 11.8. The lowest BCUT2D eigenvalue weighted by Crippen LogP contribution is -2.30. The Morgan fingerprint density at radius 3 is 3.12 bits per heavy atom. The van der Waals surface area contributed by atoms with Crippen molar-refractivity contribution in [3.8, 4) is 0 Å². The van der Waals surface area contributed by atoms with E-state index in [9.17, 15) is 4.79 Å². The highest BCUT2D eigenvalue weighted by molar-refractivity contribution is 5.90. The third kappa shape index (κ3) is 3.15. The van der Waals surface area contributed by atoms with Crippen LogP contribution in [0.4, 0.5) is 0 Å². The Kier molecular flexibility index (Phi) is 3.90. The number of allylic oxidation sites excluding steroid dienone is 2. The van der Waals surface area contributed by atoms with Crippen LogP contribution in [0.3, 0.4) is 0 Å². The number of carbonyl (C=O) groups is 1. The number of aryl methyl sites for hydroxylation is 1. The topological polar surface area (TPSA) is 70.7 Å². The highest BCUT2D eigenvalue weighted by Gasteiger charge is 2.15. The average molecular weight is 234 g/mol. The number of H-pyrrole nitrogens is 1. The maximum absolute atomic E-state index is 11.7. The van der Waals surface area contributed by atoms with E-state index >= 15 is 0 Å². The third-order valence-electron chi connectivity index (χ3n) is 3.00. The molecule has 0 spiro atoms. The van der Waals surface area contributed by atoms with Crippen molar-refractivity contribution in [1.29, 1.82) is 0 Å². The molecule has 2 rings (SSSR count). The molecular formula is C12H18N4O. The summed E-state index contributed by atoms with van der Waals surface area (Å²) in [5, 5.41) is 9.52. The Bertz CT molecular complexity index is 410. The van der Waals surface area contributed by atoms with Crippen LogP contribution < -0.4 is 5.32 Å². The molecule has 1 aromatic rings. The van der Waals surface area contributed by atoms with Crippen LogP contribution in [-0.2, 0) is 6.42 Å². The van der Waals surface area contributed by atoms with Gasteiger partial charge in [-0.25, -0.2) is 4.98 Å². The molecule has 17 heavy (non-hydrogen) atoms. The van der Waals surface area contributed by atoms with Gasteiger partial charge in [-0.05, 0) is 25.2 Å². The van der Waals surface area contributed by atoms with Crippen molar-refractivity contribution < 1.29 is 4.79 Å². The molecule has 0 saturated heterocycles. The predicted molar refractivity (Wildman–Crippen MR) is 64.6 cm³/mol. The van der Waals surface area contributed by atoms with Gasteiger partial charge in [0.1, 0.15) is 5.82 Å². The molecule has 0 radical (unpaired) electrons. The summed E-state index contributed by atoms with van der Waals surface area (Å²) >= 11 is 0. The van der Waals surface area contributed by atoms with Gasteiger partial charge in [0.05, 0.1) is 0 Å². The standard InChI is InChI=1S/C12H18N4O/c1-2-10-14-11(16-15-10)12(17)13-8-9-6-4-3-5-7-9/h3-4,9H,2,5-8H2,1H3,(H,13,17)(H,14,15,16). The fraction of sp³-hybridized carbons (Fsp3) is 0.583. The molecule has 0 saturated carbocycles. The molecule has 1 unspecified atom stereocenters. The molecule has 1 aliphatic carbocycles. The van der Waals surface area contributed by atoms with Crippen molar-refractivity contribution in [2.75, 3.05) is 6.54 Å². The molecule has 1 aliphatic rings. The van der Waals surface area contributed by atoms with E-state index in [0.717, 1.165) is 31.5 Å². The van der Waals surface area contributed by atoms with Crippen LogP contribution in [0.15, 0.2) is 12.2 Å². The highest BCUT2D eigenvalue weighted by atomic mass is 16.2. The Labute approximate surface area is 101 Å². The number of hydrogen-bond acceptors (Lipinski definition) is 3. The monoisotopic (exact) mass is 234 g/mol. The summed E-state index contributed by atoms with van der Waals surface area (Å²) in [6, 6.07) is 0. The van der Waals surface area contributed by atoms with Crippen LogP contribution in [0.5, 0.6) is 0 Å². The maximum atomic E-state index is 11.7. The molecule has 92 valence electrons. The average Bonchev–Trinajstić information content (AvgIpc) is 2.86. The number of nitrogens with one attached hydrogen (secondary N) is 2. The zero-order valence-corrected chi connectivity index (χ0v) is 10.1. The van der Waals surface area contributed by atoms with Gasteiger partial charge in [-0.2, -0.15) is 0 Å². The molecule has 0 bridgehead atoms. The van der Waals surface area contributed by atoms with Gasteiger partial charge in [0.15, 0.2) is 0 Å². The molecule has 1 amide bonds. The smallest absolute Gasteiger partial charge is 0.290 e. The van der Waals surface area contributed by atoms with Gasteiger partial charge in [0.25, 0.3) is 5.91 Å².